The largest absolute Gasteiger partial charge is 0.446 e. The maximum Gasteiger partial charge on any atom is 0.345 e. The van der Waals surface area contributed by atoms with Gasteiger partial charge >= 0.3 is 18.2 Å². The molecule has 0 aliphatic rings. The number of esters is 1. The van der Waals surface area contributed by atoms with E-state index in [1.807, 2.05) is 0 Å². The number of benzene rings is 4. The van der Waals surface area contributed by atoms with E-state index in [2.05, 4.69) is 10.5 Å². The molecule has 4 aromatic carbocycles. The number of ether oxygens (including phenoxy) is 3. The van der Waals surface area contributed by atoms with E-state index < -0.39 is 18.2 Å². The number of amides is 1. The van der Waals surface area contributed by atoms with Crippen LogP contribution >= 0.6 is 34.8 Å². The molecule has 0 bridgehead atoms. The number of hydrogen-bond acceptors (Lipinski definition) is 6. The van der Waals surface area contributed by atoms with Crippen molar-refractivity contribution in [2.75, 3.05) is 0 Å². The fourth-order valence-electron chi connectivity index (χ4n) is 3.04. The van der Waals surface area contributed by atoms with Crippen LogP contribution in [0.25, 0.3) is 0 Å². The summed E-state index contributed by atoms with van der Waals surface area (Å²) in [4.78, 5) is 25.1. The highest BCUT2D eigenvalue weighted by molar-refractivity contribution is 6.33. The van der Waals surface area contributed by atoms with Gasteiger partial charge in [-0.15, -0.1) is 0 Å². The molecule has 0 spiro atoms. The number of nitrogens with one attached hydrogen (secondary N) is 1. The van der Waals surface area contributed by atoms with Crippen molar-refractivity contribution < 1.29 is 23.8 Å². The molecular weight excluding hydrogens is 551 g/mol. The van der Waals surface area contributed by atoms with E-state index >= 15 is 0 Å². The highest BCUT2D eigenvalue weighted by atomic mass is 35.5. The van der Waals surface area contributed by atoms with Crippen LogP contribution in [0.1, 0.15) is 15.9 Å². The molecule has 0 aliphatic heterocycles. The van der Waals surface area contributed by atoms with E-state index in [4.69, 9.17) is 49.0 Å². The predicted octanol–water partition coefficient (Wildman–Crippen LogP) is 6.80. The van der Waals surface area contributed by atoms with Crippen LogP contribution in [0.3, 0.4) is 0 Å². The van der Waals surface area contributed by atoms with Crippen LogP contribution in [-0.4, -0.2) is 24.4 Å². The lowest BCUT2D eigenvalue weighted by molar-refractivity contribution is -0.140. The minimum Gasteiger partial charge on any atom is -0.446 e. The van der Waals surface area contributed by atoms with E-state index in [1.165, 1.54) is 6.21 Å². The molecule has 0 saturated carbocycles. The Morgan fingerprint density at radius 2 is 1.24 bits per heavy atom. The van der Waals surface area contributed by atoms with Gasteiger partial charge in [0.1, 0.15) is 17.2 Å². The lowest BCUT2D eigenvalue weighted by Crippen LogP contribution is -2.40. The molecule has 1 amide bonds. The number of hydrazone groups is 1. The molecule has 0 fully saturated rings. The van der Waals surface area contributed by atoms with Gasteiger partial charge in [0.05, 0.1) is 16.8 Å². The van der Waals surface area contributed by atoms with Gasteiger partial charge in [-0.25, -0.2) is 10.2 Å². The van der Waals surface area contributed by atoms with E-state index in [0.29, 0.717) is 37.9 Å². The van der Waals surface area contributed by atoms with Crippen LogP contribution in [0.4, 0.5) is 0 Å². The second kappa shape index (κ2) is 13.0. The fraction of sp³-hybridized carbons (Fsp3) is 0.0357. The number of nitrogens with zero attached hydrogens (tertiary/aromatic N) is 1. The third-order valence-electron chi connectivity index (χ3n) is 4.90. The molecule has 0 aromatic heterocycles. The van der Waals surface area contributed by atoms with Gasteiger partial charge in [-0.2, -0.15) is 5.10 Å². The summed E-state index contributed by atoms with van der Waals surface area (Å²) in [6.45, 7) is 0. The second-order valence-electron chi connectivity index (χ2n) is 7.65. The molecule has 4 rings (SSSR count). The quantitative estimate of drug-likeness (QED) is 0.0788. The summed E-state index contributed by atoms with van der Waals surface area (Å²) < 4.78 is 16.8. The molecule has 0 atom stereocenters. The van der Waals surface area contributed by atoms with Gasteiger partial charge < -0.3 is 14.2 Å². The lowest BCUT2D eigenvalue weighted by Gasteiger charge is -2.19. The van der Waals surface area contributed by atoms with Crippen molar-refractivity contribution in [1.82, 2.24) is 5.43 Å². The first-order chi connectivity index (χ1) is 18.4. The van der Waals surface area contributed by atoms with Gasteiger partial charge in [0, 0.05) is 10.0 Å². The third kappa shape index (κ3) is 7.73. The normalized spacial score (nSPS) is 10.8. The smallest absolute Gasteiger partial charge is 0.345 e. The Hall–Kier alpha value is -4.04. The van der Waals surface area contributed by atoms with Crippen molar-refractivity contribution in [3.05, 3.63) is 123 Å². The van der Waals surface area contributed by atoms with Crippen LogP contribution in [-0.2, 0) is 4.79 Å². The fourth-order valence-corrected chi connectivity index (χ4v) is 3.50. The van der Waals surface area contributed by atoms with Crippen molar-refractivity contribution in [2.45, 2.75) is 6.29 Å². The van der Waals surface area contributed by atoms with Gasteiger partial charge in [-0.3, -0.25) is 4.79 Å². The molecule has 10 heteroatoms. The van der Waals surface area contributed by atoms with E-state index in [-0.39, 0.29) is 5.56 Å². The lowest BCUT2D eigenvalue weighted by atomic mass is 10.2. The predicted molar refractivity (Wildman–Crippen MR) is 147 cm³/mol. The zero-order valence-corrected chi connectivity index (χ0v) is 21.8. The molecule has 7 nitrogen and oxygen atoms in total. The maximum absolute atomic E-state index is 12.8. The molecule has 0 radical (unpaired) electrons. The zero-order chi connectivity index (χ0) is 26.9. The third-order valence-corrected chi connectivity index (χ3v) is 5.73. The average molecular weight is 570 g/mol. The topological polar surface area (TPSA) is 86.2 Å². The number of carbonyl (C=O) groups excluding carboxylic acids is 2. The maximum atomic E-state index is 12.8. The summed E-state index contributed by atoms with van der Waals surface area (Å²) in [5.41, 5.74) is 3.30. The van der Waals surface area contributed by atoms with Crippen LogP contribution in [0.2, 0.25) is 15.1 Å². The van der Waals surface area contributed by atoms with Crippen LogP contribution in [0.5, 0.6) is 17.2 Å². The monoisotopic (exact) mass is 568 g/mol. The summed E-state index contributed by atoms with van der Waals surface area (Å²) in [6.07, 6.45) is 0.0558. The summed E-state index contributed by atoms with van der Waals surface area (Å²) in [5.74, 6) is -0.166. The Morgan fingerprint density at radius 1 is 0.711 bits per heavy atom. The highest BCUT2D eigenvalue weighted by Crippen LogP contribution is 2.21. The average Bonchev–Trinajstić information content (AvgIpc) is 2.92. The van der Waals surface area contributed by atoms with Crippen molar-refractivity contribution >= 4 is 52.9 Å². The summed E-state index contributed by atoms with van der Waals surface area (Å²) in [5, 5.41) is 5.31. The van der Waals surface area contributed by atoms with E-state index in [0.717, 1.165) is 0 Å². The Kier molecular flexibility index (Phi) is 9.21. The van der Waals surface area contributed by atoms with E-state index in [9.17, 15) is 9.59 Å². The number of carbonyl (C=O) groups is 2. The summed E-state index contributed by atoms with van der Waals surface area (Å²) >= 11 is 17.9. The SMILES string of the molecule is O=C(Oc1ccc(/C=N/NC(=O)C(Oc2ccc(Cl)cc2)Oc2ccc(Cl)cc2)cc1)c1ccccc1Cl. The van der Waals surface area contributed by atoms with Crippen molar-refractivity contribution in [3.8, 4) is 17.2 Å². The van der Waals surface area contributed by atoms with Gasteiger partial charge in [-0.05, 0) is 90.5 Å². The van der Waals surface area contributed by atoms with Crippen LogP contribution in [0, 0.1) is 0 Å². The standard InChI is InChI=1S/C28H19Cl3N2O5/c29-19-7-13-22(14-8-19)37-28(38-23-15-9-20(30)10-16-23)26(34)33-32-17-18-5-11-21(12-6-18)36-27(35)24-3-1-2-4-25(24)31/h1-17,28H,(H,33,34)/b32-17+. The Bertz CT molecular complexity index is 1380. The number of halogens is 3. The minimum absolute atomic E-state index is 0.263. The Balaban J connectivity index is 1.38. The van der Waals surface area contributed by atoms with Gasteiger partial charge in [0.25, 0.3) is 0 Å². The number of hydrogen-bond donors (Lipinski definition) is 1. The molecule has 0 unspecified atom stereocenters. The van der Waals surface area contributed by atoms with Crippen LogP contribution < -0.4 is 19.6 Å². The van der Waals surface area contributed by atoms with Crippen molar-refractivity contribution in [1.29, 1.82) is 0 Å². The summed E-state index contributed by atoms with van der Waals surface area (Å²) in [7, 11) is 0. The summed E-state index contributed by atoms with van der Waals surface area (Å²) in [6, 6.07) is 26.1. The van der Waals surface area contributed by atoms with Gasteiger partial charge in [0.2, 0.25) is 0 Å². The Labute approximate surface area is 233 Å². The first-order valence-electron chi connectivity index (χ1n) is 11.1. The molecule has 192 valence electrons. The molecule has 0 saturated heterocycles. The highest BCUT2D eigenvalue weighted by Gasteiger charge is 2.23. The molecule has 0 aliphatic carbocycles. The number of rotatable bonds is 9. The first kappa shape index (κ1) is 27.0. The van der Waals surface area contributed by atoms with Crippen molar-refractivity contribution in [2.24, 2.45) is 5.10 Å². The van der Waals surface area contributed by atoms with Crippen molar-refractivity contribution in [3.63, 3.8) is 0 Å². The zero-order valence-electron chi connectivity index (χ0n) is 19.5. The minimum atomic E-state index is -1.36. The van der Waals surface area contributed by atoms with E-state index in [1.54, 1.807) is 97.1 Å². The van der Waals surface area contributed by atoms with Gasteiger partial charge in [0.15, 0.2) is 0 Å². The first-order valence-corrected chi connectivity index (χ1v) is 12.2. The Morgan fingerprint density at radius 3 is 1.79 bits per heavy atom. The molecule has 4 aromatic rings. The molecule has 1 N–H and O–H groups in total. The molecule has 0 heterocycles. The molecular formula is C28H19Cl3N2O5. The van der Waals surface area contributed by atoms with Crippen LogP contribution in [0.15, 0.2) is 102 Å². The molecule has 38 heavy (non-hydrogen) atoms. The van der Waals surface area contributed by atoms with Gasteiger partial charge in [-0.1, -0.05) is 46.9 Å². The second-order valence-corrected chi connectivity index (χ2v) is 8.93.